The number of piperazine rings is 1. The van der Waals surface area contributed by atoms with E-state index in [0.29, 0.717) is 22.7 Å². The Morgan fingerprint density at radius 3 is 2.06 bits per heavy atom. The third-order valence-electron chi connectivity index (χ3n) is 5.39. The molecule has 2 heterocycles. The molecule has 4 rings (SSSR count). The van der Waals surface area contributed by atoms with E-state index in [9.17, 15) is 4.79 Å². The molecule has 1 N–H and O–H groups in total. The second-order valence-corrected chi connectivity index (χ2v) is 7.21. The SMILES string of the molecule is COc1cccc(OC)c1C(=O)Nc1ccc(N2CCN(c3ccccc3)CC2)nc1. The minimum atomic E-state index is -0.305. The van der Waals surface area contributed by atoms with Crippen molar-refractivity contribution in [2.24, 2.45) is 0 Å². The topological polar surface area (TPSA) is 66.9 Å². The Morgan fingerprint density at radius 1 is 0.839 bits per heavy atom. The smallest absolute Gasteiger partial charge is 0.263 e. The van der Waals surface area contributed by atoms with Crippen LogP contribution in [0.4, 0.5) is 17.2 Å². The van der Waals surface area contributed by atoms with Gasteiger partial charge in [-0.2, -0.15) is 0 Å². The molecule has 1 saturated heterocycles. The van der Waals surface area contributed by atoms with Crippen molar-refractivity contribution in [2.75, 3.05) is 55.5 Å². The molecule has 1 aliphatic heterocycles. The summed E-state index contributed by atoms with van der Waals surface area (Å²) in [5, 5.41) is 2.88. The molecule has 3 aromatic rings. The fourth-order valence-electron chi connectivity index (χ4n) is 3.75. The number of carbonyl (C=O) groups is 1. The number of nitrogens with one attached hydrogen (secondary N) is 1. The number of aromatic nitrogens is 1. The first-order chi connectivity index (χ1) is 15.2. The second-order valence-electron chi connectivity index (χ2n) is 7.21. The molecule has 1 fully saturated rings. The number of amides is 1. The zero-order valence-corrected chi connectivity index (χ0v) is 17.7. The van der Waals surface area contributed by atoms with Crippen molar-refractivity contribution in [3.63, 3.8) is 0 Å². The third kappa shape index (κ3) is 4.55. The summed E-state index contributed by atoms with van der Waals surface area (Å²) in [6.45, 7) is 3.67. The molecule has 0 spiro atoms. The number of anilines is 3. The standard InChI is InChI=1S/C24H26N4O3/c1-30-20-9-6-10-21(31-2)23(20)24(29)26-18-11-12-22(25-17-18)28-15-13-27(14-16-28)19-7-4-3-5-8-19/h3-12,17H,13-16H2,1-2H3,(H,26,29). The van der Waals surface area contributed by atoms with E-state index in [1.165, 1.54) is 19.9 Å². The number of pyridine rings is 1. The molecule has 2 aromatic carbocycles. The molecule has 0 aliphatic carbocycles. The highest BCUT2D eigenvalue weighted by atomic mass is 16.5. The van der Waals surface area contributed by atoms with Gasteiger partial charge in [0.15, 0.2) is 0 Å². The van der Waals surface area contributed by atoms with Crippen molar-refractivity contribution in [2.45, 2.75) is 0 Å². The maximum absolute atomic E-state index is 12.8. The van der Waals surface area contributed by atoms with Crippen LogP contribution in [0.1, 0.15) is 10.4 Å². The maximum atomic E-state index is 12.8. The van der Waals surface area contributed by atoms with Gasteiger partial charge in [0.05, 0.1) is 26.1 Å². The Bertz CT molecular complexity index is 995. The summed E-state index contributed by atoms with van der Waals surface area (Å²) in [7, 11) is 3.05. The van der Waals surface area contributed by atoms with Crippen LogP contribution in [0, 0.1) is 0 Å². The zero-order chi connectivity index (χ0) is 21.6. The molecule has 1 amide bonds. The van der Waals surface area contributed by atoms with E-state index in [4.69, 9.17) is 9.47 Å². The van der Waals surface area contributed by atoms with Crippen LogP contribution in [0.25, 0.3) is 0 Å². The number of methoxy groups -OCH3 is 2. The van der Waals surface area contributed by atoms with Crippen LogP contribution >= 0.6 is 0 Å². The number of rotatable bonds is 6. The molecule has 0 saturated carbocycles. The van der Waals surface area contributed by atoms with E-state index in [0.717, 1.165) is 32.0 Å². The Kier molecular flexibility index (Phi) is 6.21. The van der Waals surface area contributed by atoms with Crippen molar-refractivity contribution in [3.05, 3.63) is 72.4 Å². The Labute approximate surface area is 182 Å². The van der Waals surface area contributed by atoms with Crippen LogP contribution in [0.3, 0.4) is 0 Å². The molecule has 160 valence electrons. The second kappa shape index (κ2) is 9.38. The molecule has 0 bridgehead atoms. The zero-order valence-electron chi connectivity index (χ0n) is 17.7. The number of benzene rings is 2. The van der Waals surface area contributed by atoms with E-state index < -0.39 is 0 Å². The summed E-state index contributed by atoms with van der Waals surface area (Å²) in [5.41, 5.74) is 2.22. The van der Waals surface area contributed by atoms with E-state index in [2.05, 4.69) is 44.4 Å². The van der Waals surface area contributed by atoms with Crippen LogP contribution in [-0.4, -0.2) is 51.3 Å². The minimum absolute atomic E-state index is 0.305. The van der Waals surface area contributed by atoms with Gasteiger partial charge < -0.3 is 24.6 Å². The highest BCUT2D eigenvalue weighted by Gasteiger charge is 2.20. The van der Waals surface area contributed by atoms with Crippen LogP contribution < -0.4 is 24.6 Å². The summed E-state index contributed by atoms with van der Waals surface area (Å²) in [6.07, 6.45) is 1.68. The lowest BCUT2D eigenvalue weighted by Crippen LogP contribution is -2.46. The largest absolute Gasteiger partial charge is 0.496 e. The summed E-state index contributed by atoms with van der Waals surface area (Å²) >= 11 is 0. The molecule has 7 nitrogen and oxygen atoms in total. The lowest BCUT2D eigenvalue weighted by atomic mass is 10.1. The molecule has 0 radical (unpaired) electrons. The van der Waals surface area contributed by atoms with Gasteiger partial charge in [-0.3, -0.25) is 4.79 Å². The number of carbonyl (C=O) groups excluding carboxylic acids is 1. The molecule has 1 aliphatic rings. The lowest BCUT2D eigenvalue weighted by Gasteiger charge is -2.36. The maximum Gasteiger partial charge on any atom is 0.263 e. The van der Waals surface area contributed by atoms with Crippen LogP contribution in [0.15, 0.2) is 66.9 Å². The van der Waals surface area contributed by atoms with E-state index >= 15 is 0 Å². The molecule has 7 heteroatoms. The van der Waals surface area contributed by atoms with E-state index in [1.54, 1.807) is 24.4 Å². The highest BCUT2D eigenvalue weighted by molar-refractivity contribution is 6.08. The predicted octanol–water partition coefficient (Wildman–Crippen LogP) is 3.68. The molecule has 0 atom stereocenters. The van der Waals surface area contributed by atoms with Crippen molar-refractivity contribution in [1.29, 1.82) is 0 Å². The summed E-state index contributed by atoms with van der Waals surface area (Å²) in [6, 6.07) is 19.5. The lowest BCUT2D eigenvalue weighted by molar-refractivity contribution is 0.102. The summed E-state index contributed by atoms with van der Waals surface area (Å²) in [4.78, 5) is 22.0. The molecule has 1 aromatic heterocycles. The predicted molar refractivity (Wildman–Crippen MR) is 123 cm³/mol. The highest BCUT2D eigenvalue weighted by Crippen LogP contribution is 2.29. The number of hydrogen-bond acceptors (Lipinski definition) is 6. The number of hydrogen-bond donors (Lipinski definition) is 1. The van der Waals surface area contributed by atoms with E-state index in [-0.39, 0.29) is 5.91 Å². The van der Waals surface area contributed by atoms with Crippen molar-refractivity contribution >= 4 is 23.1 Å². The summed E-state index contributed by atoms with van der Waals surface area (Å²) in [5.74, 6) is 1.51. The van der Waals surface area contributed by atoms with Gasteiger partial charge in [-0.25, -0.2) is 4.98 Å². The molecular formula is C24H26N4O3. The number of ether oxygens (including phenoxy) is 2. The van der Waals surface area contributed by atoms with Gasteiger partial charge >= 0.3 is 0 Å². The fraction of sp³-hybridized carbons (Fsp3) is 0.250. The van der Waals surface area contributed by atoms with Crippen molar-refractivity contribution in [3.8, 4) is 11.5 Å². The normalized spacial score (nSPS) is 13.6. The van der Waals surface area contributed by atoms with E-state index in [1.807, 2.05) is 18.2 Å². The Morgan fingerprint density at radius 2 is 1.48 bits per heavy atom. The minimum Gasteiger partial charge on any atom is -0.496 e. The van der Waals surface area contributed by atoms with Gasteiger partial charge in [-0.1, -0.05) is 24.3 Å². The van der Waals surface area contributed by atoms with Gasteiger partial charge in [0, 0.05) is 31.9 Å². The Hall–Kier alpha value is -3.74. The van der Waals surface area contributed by atoms with Crippen molar-refractivity contribution < 1.29 is 14.3 Å². The summed E-state index contributed by atoms with van der Waals surface area (Å²) < 4.78 is 10.6. The first-order valence-electron chi connectivity index (χ1n) is 10.2. The fourth-order valence-corrected chi connectivity index (χ4v) is 3.75. The van der Waals surface area contributed by atoms with Gasteiger partial charge in [-0.15, -0.1) is 0 Å². The monoisotopic (exact) mass is 418 g/mol. The molecule has 31 heavy (non-hydrogen) atoms. The number of nitrogens with zero attached hydrogens (tertiary/aromatic N) is 3. The molecular weight excluding hydrogens is 392 g/mol. The van der Waals surface area contributed by atoms with Crippen LogP contribution in [0.2, 0.25) is 0 Å². The average Bonchev–Trinajstić information content (AvgIpc) is 2.84. The Balaban J connectivity index is 1.40. The van der Waals surface area contributed by atoms with Gasteiger partial charge in [0.1, 0.15) is 22.9 Å². The van der Waals surface area contributed by atoms with Gasteiger partial charge in [-0.05, 0) is 36.4 Å². The third-order valence-corrected chi connectivity index (χ3v) is 5.39. The van der Waals surface area contributed by atoms with Crippen LogP contribution in [-0.2, 0) is 0 Å². The average molecular weight is 418 g/mol. The van der Waals surface area contributed by atoms with Crippen molar-refractivity contribution in [1.82, 2.24) is 4.98 Å². The number of para-hydroxylation sites is 1. The quantitative estimate of drug-likeness (QED) is 0.659. The molecule has 0 unspecified atom stereocenters. The van der Waals surface area contributed by atoms with Crippen LogP contribution in [0.5, 0.6) is 11.5 Å². The first-order valence-corrected chi connectivity index (χ1v) is 10.2. The van der Waals surface area contributed by atoms with Gasteiger partial charge in [0.25, 0.3) is 5.91 Å². The van der Waals surface area contributed by atoms with Gasteiger partial charge in [0.2, 0.25) is 0 Å². The first kappa shape index (κ1) is 20.5.